The number of rotatable bonds is 2. The highest BCUT2D eigenvalue weighted by atomic mass is 32.1. The van der Waals surface area contributed by atoms with Crippen molar-refractivity contribution in [3.63, 3.8) is 0 Å². The Balaban J connectivity index is 2.19. The fourth-order valence-electron chi connectivity index (χ4n) is 1.66. The van der Waals surface area contributed by atoms with Crippen LogP contribution < -0.4 is 10.2 Å². The average Bonchev–Trinajstić information content (AvgIpc) is 2.82. The van der Waals surface area contributed by atoms with Crippen LogP contribution in [-0.4, -0.2) is 30.5 Å². The monoisotopic (exact) mass is 265 g/mol. The molecule has 0 bridgehead atoms. The molecule has 8 heteroatoms. The maximum atomic E-state index is 12.4. The van der Waals surface area contributed by atoms with Gasteiger partial charge in [0.25, 0.3) is 0 Å². The van der Waals surface area contributed by atoms with E-state index in [9.17, 15) is 18.0 Å². The molecule has 1 aromatic rings. The quantitative estimate of drug-likeness (QED) is 0.881. The van der Waals surface area contributed by atoms with Crippen molar-refractivity contribution >= 4 is 22.4 Å². The number of aromatic nitrogens is 1. The lowest BCUT2D eigenvalue weighted by Crippen LogP contribution is -2.36. The lowest BCUT2D eigenvalue weighted by atomic mass is 10.3. The zero-order valence-electron chi connectivity index (χ0n) is 8.91. The summed E-state index contributed by atoms with van der Waals surface area (Å²) < 4.78 is 37.1. The molecule has 0 radical (unpaired) electrons. The minimum absolute atomic E-state index is 0.111. The first-order valence-corrected chi connectivity index (χ1v) is 5.77. The highest BCUT2D eigenvalue weighted by molar-refractivity contribution is 7.15. The number of nitrogens with one attached hydrogen (secondary N) is 1. The summed E-state index contributed by atoms with van der Waals surface area (Å²) in [6.07, 6.45) is -3.06. The van der Waals surface area contributed by atoms with Gasteiger partial charge in [0.05, 0.1) is 12.2 Å². The van der Waals surface area contributed by atoms with Gasteiger partial charge in [0.1, 0.15) is 4.88 Å². The van der Waals surface area contributed by atoms with E-state index in [4.69, 9.17) is 0 Å². The zero-order chi connectivity index (χ0) is 12.6. The number of alkyl halides is 3. The number of hydrogen-bond acceptors (Lipinski definition) is 4. The van der Waals surface area contributed by atoms with Gasteiger partial charge in [-0.15, -0.1) is 0 Å². The lowest BCUT2D eigenvalue weighted by Gasteiger charge is -2.12. The first-order chi connectivity index (χ1) is 7.93. The predicted octanol–water partition coefficient (Wildman–Crippen LogP) is 1.49. The Kier molecular flexibility index (Phi) is 3.09. The molecule has 1 unspecified atom stereocenters. The molecule has 2 heterocycles. The van der Waals surface area contributed by atoms with Crippen LogP contribution in [-0.2, 0) is 11.0 Å². The lowest BCUT2D eigenvalue weighted by molar-refractivity contribution is -0.134. The second-order valence-electron chi connectivity index (χ2n) is 3.62. The summed E-state index contributed by atoms with van der Waals surface area (Å²) in [5.74, 6) is -0.226. The third kappa shape index (κ3) is 2.27. The number of hydrogen-bond donors (Lipinski definition) is 1. The van der Waals surface area contributed by atoms with E-state index in [1.807, 2.05) is 0 Å². The van der Waals surface area contributed by atoms with Gasteiger partial charge in [-0.25, -0.2) is 4.98 Å². The van der Waals surface area contributed by atoms with Crippen LogP contribution in [0.25, 0.3) is 0 Å². The minimum Gasteiger partial charge on any atom is -0.309 e. The van der Waals surface area contributed by atoms with Crippen LogP contribution in [0.5, 0.6) is 0 Å². The molecule has 1 aromatic heterocycles. The number of carbonyl (C=O) groups is 1. The molecule has 94 valence electrons. The smallest absolute Gasteiger partial charge is 0.309 e. The van der Waals surface area contributed by atoms with Crippen molar-refractivity contribution < 1.29 is 18.0 Å². The summed E-state index contributed by atoms with van der Waals surface area (Å²) in [5.41, 5.74) is 0. The molecule has 1 N–H and O–H groups in total. The molecule has 0 aromatic carbocycles. The van der Waals surface area contributed by atoms with Crippen molar-refractivity contribution in [3.8, 4) is 0 Å². The van der Waals surface area contributed by atoms with Gasteiger partial charge in [-0.1, -0.05) is 11.3 Å². The first kappa shape index (κ1) is 12.3. The molecule has 1 saturated heterocycles. The molecular weight excluding hydrogens is 255 g/mol. The molecule has 1 atom stereocenters. The van der Waals surface area contributed by atoms with E-state index < -0.39 is 11.1 Å². The van der Waals surface area contributed by atoms with Crippen molar-refractivity contribution in [3.05, 3.63) is 11.1 Å². The third-order valence-electron chi connectivity index (χ3n) is 2.56. The van der Waals surface area contributed by atoms with Crippen LogP contribution in [0.15, 0.2) is 6.20 Å². The van der Waals surface area contributed by atoms with E-state index in [-0.39, 0.29) is 17.1 Å². The Morgan fingerprint density at radius 3 is 2.76 bits per heavy atom. The van der Waals surface area contributed by atoms with Crippen molar-refractivity contribution in [2.24, 2.45) is 0 Å². The predicted molar refractivity (Wildman–Crippen MR) is 56.9 cm³/mol. The van der Waals surface area contributed by atoms with Gasteiger partial charge in [0.15, 0.2) is 5.13 Å². The highest BCUT2D eigenvalue weighted by Gasteiger charge is 2.37. The molecule has 1 aliphatic heterocycles. The van der Waals surface area contributed by atoms with Crippen LogP contribution in [0.4, 0.5) is 18.3 Å². The van der Waals surface area contributed by atoms with E-state index in [0.717, 1.165) is 6.20 Å². The summed E-state index contributed by atoms with van der Waals surface area (Å²) in [6.45, 7) is 0.398. The van der Waals surface area contributed by atoms with Crippen molar-refractivity contribution in [2.45, 2.75) is 18.6 Å². The summed E-state index contributed by atoms with van der Waals surface area (Å²) in [4.78, 5) is 15.9. The van der Waals surface area contributed by atoms with Crippen molar-refractivity contribution in [1.82, 2.24) is 10.3 Å². The number of thiazole rings is 1. The molecule has 0 aliphatic carbocycles. The Labute approximate surface area is 99.4 Å². The van der Waals surface area contributed by atoms with E-state index in [2.05, 4.69) is 10.3 Å². The minimum atomic E-state index is -4.40. The summed E-state index contributed by atoms with van der Waals surface area (Å²) in [5, 5.41) is 2.93. The number of halogens is 3. The second-order valence-corrected chi connectivity index (χ2v) is 4.63. The van der Waals surface area contributed by atoms with E-state index in [1.54, 1.807) is 7.05 Å². The van der Waals surface area contributed by atoms with Crippen LogP contribution in [0, 0.1) is 0 Å². The fraction of sp³-hybridized carbons (Fsp3) is 0.556. The summed E-state index contributed by atoms with van der Waals surface area (Å²) >= 11 is 0.495. The Bertz CT molecular complexity index is 431. The number of anilines is 1. The normalized spacial score (nSPS) is 21.3. The Morgan fingerprint density at radius 2 is 2.29 bits per heavy atom. The maximum Gasteiger partial charge on any atom is 0.427 e. The van der Waals surface area contributed by atoms with Crippen LogP contribution in [0.2, 0.25) is 0 Å². The zero-order valence-corrected chi connectivity index (χ0v) is 9.73. The van der Waals surface area contributed by atoms with Gasteiger partial charge in [0, 0.05) is 6.54 Å². The van der Waals surface area contributed by atoms with Crippen molar-refractivity contribution in [1.29, 1.82) is 0 Å². The number of nitrogens with zero attached hydrogens (tertiary/aromatic N) is 2. The van der Waals surface area contributed by atoms with Gasteiger partial charge < -0.3 is 5.32 Å². The molecule has 1 fully saturated rings. The maximum absolute atomic E-state index is 12.4. The third-order valence-corrected chi connectivity index (χ3v) is 3.62. The standard InChI is InChI=1S/C9H10F3N3OS/c1-13-5-2-3-15(7(5)16)8-14-4-6(17-8)9(10,11)12/h4-5,13H,2-3H2,1H3. The van der Waals surface area contributed by atoms with Gasteiger partial charge in [-0.05, 0) is 13.5 Å². The SMILES string of the molecule is CNC1CCN(c2ncc(C(F)(F)F)s2)C1=O. The van der Waals surface area contributed by atoms with E-state index >= 15 is 0 Å². The Morgan fingerprint density at radius 1 is 1.59 bits per heavy atom. The topological polar surface area (TPSA) is 45.2 Å². The number of likely N-dealkylation sites (N-methyl/N-ethyl adjacent to an activating group) is 1. The molecule has 1 amide bonds. The molecular formula is C9H10F3N3OS. The summed E-state index contributed by atoms with van der Waals surface area (Å²) in [7, 11) is 1.65. The molecule has 17 heavy (non-hydrogen) atoms. The molecule has 0 saturated carbocycles. The van der Waals surface area contributed by atoms with Gasteiger partial charge in [-0.2, -0.15) is 13.2 Å². The fourth-order valence-corrected chi connectivity index (χ4v) is 2.47. The van der Waals surface area contributed by atoms with Gasteiger partial charge in [-0.3, -0.25) is 9.69 Å². The molecule has 0 spiro atoms. The van der Waals surface area contributed by atoms with Crippen LogP contribution >= 0.6 is 11.3 Å². The van der Waals surface area contributed by atoms with Crippen LogP contribution in [0.1, 0.15) is 11.3 Å². The first-order valence-electron chi connectivity index (χ1n) is 4.95. The van der Waals surface area contributed by atoms with Gasteiger partial charge >= 0.3 is 6.18 Å². The molecule has 2 rings (SSSR count). The second kappa shape index (κ2) is 4.26. The summed E-state index contributed by atoms with van der Waals surface area (Å²) in [6, 6.07) is -0.326. The van der Waals surface area contributed by atoms with Crippen LogP contribution in [0.3, 0.4) is 0 Å². The van der Waals surface area contributed by atoms with Crippen molar-refractivity contribution in [2.75, 3.05) is 18.5 Å². The molecule has 1 aliphatic rings. The molecule has 4 nitrogen and oxygen atoms in total. The highest BCUT2D eigenvalue weighted by Crippen LogP contribution is 2.37. The van der Waals surface area contributed by atoms with E-state index in [1.165, 1.54) is 4.90 Å². The average molecular weight is 265 g/mol. The number of carbonyl (C=O) groups excluding carboxylic acids is 1. The largest absolute Gasteiger partial charge is 0.427 e. The van der Waals surface area contributed by atoms with E-state index in [0.29, 0.717) is 24.3 Å². The van der Waals surface area contributed by atoms with Gasteiger partial charge in [0.2, 0.25) is 5.91 Å². The Hall–Kier alpha value is -1.15. The number of amides is 1.